The first kappa shape index (κ1) is 99.1. The van der Waals surface area contributed by atoms with E-state index in [1.807, 2.05) is 0 Å². The summed E-state index contributed by atoms with van der Waals surface area (Å²) in [4.78, 5) is 73.1. The number of carbonyl (C=O) groups is 4. The van der Waals surface area contributed by atoms with Crippen LogP contribution >= 0.6 is 15.6 Å². The summed E-state index contributed by atoms with van der Waals surface area (Å²) in [6.45, 7) is 14.3. The number of aliphatic hydroxyl groups excluding tert-OH is 1. The van der Waals surface area contributed by atoms with Gasteiger partial charge in [-0.3, -0.25) is 37.3 Å². The van der Waals surface area contributed by atoms with E-state index in [9.17, 15) is 43.2 Å². The minimum Gasteiger partial charge on any atom is -0.462 e. The smallest absolute Gasteiger partial charge is 0.462 e. The summed E-state index contributed by atoms with van der Waals surface area (Å²) in [5.74, 6) is 1.01. The quantitative estimate of drug-likeness (QED) is 0.0222. The molecule has 0 saturated carbocycles. The van der Waals surface area contributed by atoms with Gasteiger partial charge >= 0.3 is 39.5 Å². The monoisotopic (exact) mass is 1480 g/mol. The molecule has 0 aromatic carbocycles. The van der Waals surface area contributed by atoms with Crippen LogP contribution in [-0.2, 0) is 65.4 Å². The highest BCUT2D eigenvalue weighted by Gasteiger charge is 2.30. The lowest BCUT2D eigenvalue weighted by Gasteiger charge is -2.21. The Labute approximate surface area is 619 Å². The summed E-state index contributed by atoms with van der Waals surface area (Å²) in [5, 5.41) is 10.7. The van der Waals surface area contributed by atoms with Gasteiger partial charge in [-0.05, 0) is 49.4 Å². The van der Waals surface area contributed by atoms with Crippen LogP contribution in [0.2, 0.25) is 0 Å². The number of phosphoric ester groups is 2. The molecule has 101 heavy (non-hydrogen) atoms. The molecule has 0 saturated heterocycles. The summed E-state index contributed by atoms with van der Waals surface area (Å²) < 4.78 is 68.8. The van der Waals surface area contributed by atoms with Crippen LogP contribution in [0, 0.1) is 23.7 Å². The second-order valence-corrected chi connectivity index (χ2v) is 34.1. The first-order chi connectivity index (χ1) is 48.6. The number of hydrogen-bond acceptors (Lipinski definition) is 15. The summed E-state index contributed by atoms with van der Waals surface area (Å²) >= 11 is 0. The van der Waals surface area contributed by atoms with Gasteiger partial charge in [-0.2, -0.15) is 0 Å². The van der Waals surface area contributed by atoms with Crippen molar-refractivity contribution in [1.29, 1.82) is 0 Å². The lowest BCUT2D eigenvalue weighted by atomic mass is 10.00. The van der Waals surface area contributed by atoms with Crippen molar-refractivity contribution < 1.29 is 80.2 Å². The number of rotatable bonds is 79. The molecule has 3 unspecified atom stereocenters. The van der Waals surface area contributed by atoms with Gasteiger partial charge in [-0.25, -0.2) is 9.13 Å². The van der Waals surface area contributed by atoms with E-state index in [1.54, 1.807) is 0 Å². The second kappa shape index (κ2) is 71.0. The molecule has 0 aliphatic heterocycles. The third-order valence-corrected chi connectivity index (χ3v) is 21.3. The van der Waals surface area contributed by atoms with Crippen molar-refractivity contribution in [3.05, 3.63) is 0 Å². The molecule has 0 rings (SSSR count). The Kier molecular flexibility index (Phi) is 69.6. The van der Waals surface area contributed by atoms with E-state index >= 15 is 0 Å². The Morgan fingerprint density at radius 3 is 0.703 bits per heavy atom. The molecule has 0 aliphatic carbocycles. The fourth-order valence-electron chi connectivity index (χ4n) is 12.6. The minimum atomic E-state index is -4.96. The van der Waals surface area contributed by atoms with Crippen molar-refractivity contribution in [2.45, 2.75) is 440 Å². The van der Waals surface area contributed by atoms with Crippen molar-refractivity contribution in [2.75, 3.05) is 39.6 Å². The van der Waals surface area contributed by atoms with Crippen molar-refractivity contribution >= 4 is 39.5 Å². The van der Waals surface area contributed by atoms with Crippen LogP contribution < -0.4 is 0 Å². The highest BCUT2D eigenvalue weighted by atomic mass is 31.2. The number of ether oxygens (including phenoxy) is 4. The Balaban J connectivity index is 5.25. The predicted octanol–water partition coefficient (Wildman–Crippen LogP) is 24.4. The Morgan fingerprint density at radius 1 is 0.277 bits per heavy atom. The first-order valence-corrected chi connectivity index (χ1v) is 45.2. The largest absolute Gasteiger partial charge is 0.472 e. The fraction of sp³-hybridized carbons (Fsp3) is 0.951. The molecule has 6 atom stereocenters. The molecule has 0 bridgehead atoms. The number of unbranched alkanes of at least 4 members (excludes halogenated alkanes) is 44. The molecule has 0 aromatic rings. The van der Waals surface area contributed by atoms with Gasteiger partial charge in [0.1, 0.15) is 19.3 Å². The molecule has 0 aliphatic rings. The van der Waals surface area contributed by atoms with Gasteiger partial charge in [0.15, 0.2) is 12.2 Å². The summed E-state index contributed by atoms with van der Waals surface area (Å²) in [5.41, 5.74) is 0. The van der Waals surface area contributed by atoms with Crippen molar-refractivity contribution in [1.82, 2.24) is 0 Å². The molecule has 0 spiro atoms. The zero-order chi connectivity index (χ0) is 74.6. The molecular weight excluding hydrogens is 1320 g/mol. The molecule has 600 valence electrons. The maximum Gasteiger partial charge on any atom is 0.472 e. The lowest BCUT2D eigenvalue weighted by molar-refractivity contribution is -0.161. The minimum absolute atomic E-state index is 0.106. The van der Waals surface area contributed by atoms with Gasteiger partial charge in [0.2, 0.25) is 0 Å². The number of hydrogen-bond donors (Lipinski definition) is 3. The molecule has 0 amide bonds. The van der Waals surface area contributed by atoms with Gasteiger partial charge in [0.25, 0.3) is 0 Å². The number of carbonyl (C=O) groups excluding carboxylic acids is 4. The summed E-state index contributed by atoms with van der Waals surface area (Å²) in [6, 6.07) is 0. The Hall–Kier alpha value is -1.94. The van der Waals surface area contributed by atoms with Crippen LogP contribution in [0.15, 0.2) is 0 Å². The third-order valence-electron chi connectivity index (χ3n) is 19.4. The molecule has 19 heteroatoms. The Bertz CT molecular complexity index is 1970. The van der Waals surface area contributed by atoms with Gasteiger partial charge in [0.05, 0.1) is 26.4 Å². The molecule has 0 radical (unpaired) electrons. The third kappa shape index (κ3) is 74.7. The molecular formula is C82H160O17P2. The Morgan fingerprint density at radius 2 is 0.475 bits per heavy atom. The lowest BCUT2D eigenvalue weighted by Crippen LogP contribution is -2.30. The number of esters is 4. The fourth-order valence-corrected chi connectivity index (χ4v) is 14.2. The second-order valence-electron chi connectivity index (χ2n) is 31.2. The van der Waals surface area contributed by atoms with Gasteiger partial charge in [-0.1, -0.05) is 370 Å². The van der Waals surface area contributed by atoms with E-state index in [0.717, 1.165) is 120 Å². The molecule has 3 N–H and O–H groups in total. The standard InChI is InChI=1S/C82H160O17P2/c1-9-75(8)61-53-45-40-41-47-55-63-80(85)93-69-78(99-82(87)65-57-49-39-33-27-20-14-13-17-23-29-35-43-51-59-73(4)5)71-97-101(90,91)95-67-76(83)66-94-100(88,89)96-70-77(68-92-79(84)62-54-46-37-31-25-21-15-18-24-30-36-44-52-60-74(6)7)98-81(86)64-56-48-38-32-26-19-12-10-11-16-22-28-34-42-50-58-72(2)3/h72-78,83H,9-71H2,1-8H3,(H,88,89)(H,90,91)/t75?,76-,77-,78-/m1/s1. The molecule has 0 heterocycles. The molecule has 0 aromatic heterocycles. The number of phosphoric acid groups is 2. The van der Waals surface area contributed by atoms with Gasteiger partial charge < -0.3 is 33.8 Å². The first-order valence-electron chi connectivity index (χ1n) is 42.2. The molecule has 0 fully saturated rings. The van der Waals surface area contributed by atoms with Crippen LogP contribution in [0.5, 0.6) is 0 Å². The number of aliphatic hydroxyl groups is 1. The average Bonchev–Trinajstić information content (AvgIpc) is 0.980. The maximum atomic E-state index is 13.1. The van der Waals surface area contributed by atoms with E-state index in [-0.39, 0.29) is 25.7 Å². The summed E-state index contributed by atoms with van der Waals surface area (Å²) in [6.07, 6.45) is 58.3. The van der Waals surface area contributed by atoms with Crippen LogP contribution in [0.3, 0.4) is 0 Å². The van der Waals surface area contributed by atoms with Crippen LogP contribution in [0.4, 0.5) is 0 Å². The van der Waals surface area contributed by atoms with Crippen LogP contribution in [0.1, 0.15) is 421 Å². The SMILES string of the molecule is CCC(C)CCCCCCCCC(=O)OC[C@H](COP(=O)(O)OC[C@H](O)COP(=O)(O)OC[C@@H](COC(=O)CCCCCCCCCCCCCCCC(C)C)OC(=O)CCCCCCCCCCCCCCCCCC(C)C)OC(=O)CCCCCCCCCCCCCCCCC(C)C. The maximum absolute atomic E-state index is 13.1. The van der Waals surface area contributed by atoms with Gasteiger partial charge in [0, 0.05) is 25.7 Å². The van der Waals surface area contributed by atoms with Crippen LogP contribution in [0.25, 0.3) is 0 Å². The normalized spacial score (nSPS) is 14.3. The summed E-state index contributed by atoms with van der Waals surface area (Å²) in [7, 11) is -9.92. The zero-order valence-corrected chi connectivity index (χ0v) is 68.3. The van der Waals surface area contributed by atoms with Crippen molar-refractivity contribution in [2.24, 2.45) is 23.7 Å². The van der Waals surface area contributed by atoms with E-state index in [2.05, 4.69) is 55.4 Å². The van der Waals surface area contributed by atoms with Crippen molar-refractivity contribution in [3.63, 3.8) is 0 Å². The van der Waals surface area contributed by atoms with E-state index in [4.69, 9.17) is 37.0 Å². The highest BCUT2D eigenvalue weighted by Crippen LogP contribution is 2.45. The predicted molar refractivity (Wildman–Crippen MR) is 414 cm³/mol. The van der Waals surface area contributed by atoms with Crippen molar-refractivity contribution in [3.8, 4) is 0 Å². The van der Waals surface area contributed by atoms with E-state index in [0.29, 0.717) is 25.7 Å². The van der Waals surface area contributed by atoms with E-state index < -0.39 is 97.5 Å². The topological polar surface area (TPSA) is 237 Å². The van der Waals surface area contributed by atoms with Gasteiger partial charge in [-0.15, -0.1) is 0 Å². The average molecular weight is 1480 g/mol. The van der Waals surface area contributed by atoms with Crippen LogP contribution in [-0.4, -0.2) is 96.7 Å². The highest BCUT2D eigenvalue weighted by molar-refractivity contribution is 7.47. The molecule has 17 nitrogen and oxygen atoms in total. The zero-order valence-electron chi connectivity index (χ0n) is 66.5. The van der Waals surface area contributed by atoms with E-state index in [1.165, 1.54) is 218 Å².